The second-order valence-electron chi connectivity index (χ2n) is 5.81. The lowest BCUT2D eigenvalue weighted by Gasteiger charge is -2.37. The van der Waals surface area contributed by atoms with Gasteiger partial charge in [-0.3, -0.25) is 0 Å². The normalized spacial score (nSPS) is 18.7. The Morgan fingerprint density at radius 2 is 1.90 bits per heavy atom. The van der Waals surface area contributed by atoms with E-state index in [2.05, 4.69) is 0 Å². The molecule has 0 aromatic heterocycles. The molecule has 0 unspecified atom stereocenters. The second kappa shape index (κ2) is 6.26. The molecule has 1 aromatic carbocycles. The van der Waals surface area contributed by atoms with Crippen LogP contribution in [0.1, 0.15) is 37.7 Å². The predicted octanol–water partition coefficient (Wildman–Crippen LogP) is 3.11. The van der Waals surface area contributed by atoms with Crippen LogP contribution in [-0.4, -0.2) is 27.5 Å². The molecule has 21 heavy (non-hydrogen) atoms. The summed E-state index contributed by atoms with van der Waals surface area (Å²) in [6, 6.07) is 3.13. The van der Waals surface area contributed by atoms with Gasteiger partial charge in [-0.1, -0.05) is 19.3 Å². The summed E-state index contributed by atoms with van der Waals surface area (Å²) in [5.41, 5.74) is 6.43. The Bertz CT molecular complexity index is 623. The van der Waals surface area contributed by atoms with E-state index in [1.807, 2.05) is 0 Å². The first-order valence-electron chi connectivity index (χ1n) is 7.12. The highest BCUT2D eigenvalue weighted by atomic mass is 32.2. The summed E-state index contributed by atoms with van der Waals surface area (Å²) >= 11 is 1.13. The first-order chi connectivity index (χ1) is 9.84. The number of nitrogens with two attached hydrogens (primary N) is 1. The summed E-state index contributed by atoms with van der Waals surface area (Å²) in [6.45, 7) is 0.425. The summed E-state index contributed by atoms with van der Waals surface area (Å²) in [4.78, 5) is 0.285. The van der Waals surface area contributed by atoms with Gasteiger partial charge in [-0.05, 0) is 36.8 Å². The van der Waals surface area contributed by atoms with E-state index < -0.39 is 15.7 Å². The van der Waals surface area contributed by atoms with Gasteiger partial charge in [0.2, 0.25) is 0 Å². The zero-order chi connectivity index (χ0) is 15.7. The van der Waals surface area contributed by atoms with Crippen molar-refractivity contribution in [2.24, 2.45) is 5.73 Å². The van der Waals surface area contributed by atoms with E-state index in [4.69, 9.17) is 5.73 Å². The Kier molecular flexibility index (Phi) is 5.00. The van der Waals surface area contributed by atoms with Crippen molar-refractivity contribution in [1.82, 2.24) is 0 Å². The van der Waals surface area contributed by atoms with Gasteiger partial charge in [0.05, 0.1) is 9.79 Å². The van der Waals surface area contributed by atoms with Crippen LogP contribution < -0.4 is 5.73 Å². The molecular formula is C15H22FNO2S2. The van der Waals surface area contributed by atoms with Gasteiger partial charge in [0.1, 0.15) is 5.82 Å². The molecule has 0 aliphatic heterocycles. The van der Waals surface area contributed by atoms with E-state index in [0.717, 1.165) is 55.7 Å². The van der Waals surface area contributed by atoms with Gasteiger partial charge in [-0.15, -0.1) is 11.8 Å². The molecule has 0 saturated heterocycles. The number of thioether (sulfide) groups is 1. The monoisotopic (exact) mass is 331 g/mol. The Labute approximate surface area is 130 Å². The molecule has 118 valence electrons. The minimum atomic E-state index is -3.47. The summed E-state index contributed by atoms with van der Waals surface area (Å²) in [5.74, 6) is -0.459. The maximum atomic E-state index is 14.4. The molecule has 1 aliphatic rings. The fourth-order valence-electron chi connectivity index (χ4n) is 3.19. The van der Waals surface area contributed by atoms with Gasteiger partial charge in [-0.2, -0.15) is 0 Å². The molecule has 6 heteroatoms. The molecule has 1 aliphatic carbocycles. The van der Waals surface area contributed by atoms with Crippen LogP contribution in [0.5, 0.6) is 0 Å². The van der Waals surface area contributed by atoms with Crippen LogP contribution >= 0.6 is 11.8 Å². The van der Waals surface area contributed by atoms with Crippen molar-refractivity contribution in [2.45, 2.75) is 47.3 Å². The fourth-order valence-corrected chi connectivity index (χ4v) is 5.18. The lowest BCUT2D eigenvalue weighted by Crippen LogP contribution is -2.37. The topological polar surface area (TPSA) is 60.2 Å². The Balaban J connectivity index is 2.62. The maximum Gasteiger partial charge on any atom is 0.176 e. The Morgan fingerprint density at radius 1 is 1.29 bits per heavy atom. The molecule has 0 heterocycles. The van der Waals surface area contributed by atoms with E-state index in [1.54, 1.807) is 12.3 Å². The van der Waals surface area contributed by atoms with Crippen LogP contribution in [0.4, 0.5) is 4.39 Å². The molecule has 3 nitrogen and oxygen atoms in total. The third-order valence-electron chi connectivity index (χ3n) is 4.43. The van der Waals surface area contributed by atoms with Crippen molar-refractivity contribution in [2.75, 3.05) is 19.1 Å². The largest absolute Gasteiger partial charge is 0.330 e. The minimum absolute atomic E-state index is 0.0865. The van der Waals surface area contributed by atoms with Crippen molar-refractivity contribution >= 4 is 21.6 Å². The lowest BCUT2D eigenvalue weighted by molar-refractivity contribution is 0.299. The van der Waals surface area contributed by atoms with Crippen LogP contribution in [0.15, 0.2) is 21.9 Å². The maximum absolute atomic E-state index is 14.4. The van der Waals surface area contributed by atoms with Gasteiger partial charge < -0.3 is 5.73 Å². The number of hydrogen-bond donors (Lipinski definition) is 1. The Morgan fingerprint density at radius 3 is 2.38 bits per heavy atom. The molecule has 0 atom stereocenters. The van der Waals surface area contributed by atoms with E-state index in [1.165, 1.54) is 6.07 Å². The molecule has 1 fully saturated rings. The number of hydrogen-bond acceptors (Lipinski definition) is 4. The molecule has 0 radical (unpaired) electrons. The van der Waals surface area contributed by atoms with Crippen LogP contribution in [-0.2, 0) is 15.3 Å². The van der Waals surface area contributed by atoms with Gasteiger partial charge >= 0.3 is 0 Å². The molecule has 0 amide bonds. The first-order valence-corrected chi connectivity index (χ1v) is 10.2. The highest BCUT2D eigenvalue weighted by Gasteiger charge is 2.34. The molecule has 1 aromatic rings. The van der Waals surface area contributed by atoms with E-state index in [0.29, 0.717) is 6.54 Å². The fraction of sp³-hybridized carbons (Fsp3) is 0.600. The molecule has 0 spiro atoms. The summed E-state index contributed by atoms with van der Waals surface area (Å²) < 4.78 is 38.3. The number of rotatable bonds is 4. The van der Waals surface area contributed by atoms with Crippen LogP contribution in [0.2, 0.25) is 0 Å². The molecular weight excluding hydrogens is 309 g/mol. The summed E-state index contributed by atoms with van der Waals surface area (Å²) in [5, 5.41) is 0. The zero-order valence-corrected chi connectivity index (χ0v) is 14.1. The van der Waals surface area contributed by atoms with Gasteiger partial charge in [0.25, 0.3) is 0 Å². The van der Waals surface area contributed by atoms with Crippen LogP contribution in [0, 0.1) is 5.82 Å². The van der Waals surface area contributed by atoms with Gasteiger partial charge in [-0.25, -0.2) is 12.8 Å². The molecule has 0 bridgehead atoms. The van der Waals surface area contributed by atoms with Crippen molar-refractivity contribution in [3.8, 4) is 0 Å². The average Bonchev–Trinajstić information content (AvgIpc) is 2.46. The SMILES string of the molecule is CSc1c(F)cc(C2(CN)CCCCC2)cc1S(C)(=O)=O. The zero-order valence-electron chi connectivity index (χ0n) is 12.5. The number of sulfone groups is 1. The highest BCUT2D eigenvalue weighted by Crippen LogP contribution is 2.41. The lowest BCUT2D eigenvalue weighted by atomic mass is 9.69. The molecule has 1 saturated carbocycles. The van der Waals surface area contributed by atoms with E-state index in [-0.39, 0.29) is 15.2 Å². The van der Waals surface area contributed by atoms with Crippen molar-refractivity contribution in [3.63, 3.8) is 0 Å². The van der Waals surface area contributed by atoms with Crippen molar-refractivity contribution < 1.29 is 12.8 Å². The van der Waals surface area contributed by atoms with Crippen LogP contribution in [0.3, 0.4) is 0 Å². The quantitative estimate of drug-likeness (QED) is 0.861. The molecule has 2 N–H and O–H groups in total. The molecule has 2 rings (SSSR count). The third-order valence-corrected chi connectivity index (χ3v) is 6.50. The number of halogens is 1. The number of benzene rings is 1. The van der Waals surface area contributed by atoms with E-state index >= 15 is 0 Å². The van der Waals surface area contributed by atoms with Gasteiger partial charge in [0.15, 0.2) is 9.84 Å². The third kappa shape index (κ3) is 3.27. The minimum Gasteiger partial charge on any atom is -0.330 e. The van der Waals surface area contributed by atoms with Gasteiger partial charge in [0, 0.05) is 18.2 Å². The Hall–Kier alpha value is -0.590. The predicted molar refractivity (Wildman–Crippen MR) is 85.1 cm³/mol. The second-order valence-corrected chi connectivity index (χ2v) is 8.61. The van der Waals surface area contributed by atoms with Crippen molar-refractivity contribution in [3.05, 3.63) is 23.5 Å². The summed E-state index contributed by atoms with van der Waals surface area (Å²) in [7, 11) is -3.47. The first kappa shape index (κ1) is 16.8. The van der Waals surface area contributed by atoms with Crippen molar-refractivity contribution in [1.29, 1.82) is 0 Å². The highest BCUT2D eigenvalue weighted by molar-refractivity contribution is 7.99. The smallest absolute Gasteiger partial charge is 0.176 e. The van der Waals surface area contributed by atoms with E-state index in [9.17, 15) is 12.8 Å². The summed E-state index contributed by atoms with van der Waals surface area (Å²) in [6.07, 6.45) is 7.86. The van der Waals surface area contributed by atoms with Crippen LogP contribution in [0.25, 0.3) is 0 Å². The average molecular weight is 331 g/mol. The standard InChI is InChI=1S/C15H22FNO2S2/c1-20-14-12(16)8-11(9-13(14)21(2,18)19)15(10-17)6-4-3-5-7-15/h8-9H,3-7,10,17H2,1-2H3.